The molecular weight excluding hydrogens is 476 g/mol. The average molecular weight is 500 g/mol. The van der Waals surface area contributed by atoms with Crippen LogP contribution in [0, 0.1) is 11.6 Å². The van der Waals surface area contributed by atoms with Crippen molar-refractivity contribution in [1.82, 2.24) is 0 Å². The average Bonchev–Trinajstić information content (AvgIpc) is 3.14. The molecular formula is C30H23F2NO4. The first-order chi connectivity index (χ1) is 17.8. The van der Waals surface area contributed by atoms with Gasteiger partial charge in [0, 0.05) is 17.3 Å². The van der Waals surface area contributed by atoms with Crippen LogP contribution in [0.4, 0.5) is 14.5 Å². The van der Waals surface area contributed by atoms with Crippen LogP contribution in [-0.4, -0.2) is 22.9 Å². The summed E-state index contributed by atoms with van der Waals surface area (Å²) in [6.07, 6.45) is -0.118. The van der Waals surface area contributed by atoms with Crippen molar-refractivity contribution in [3.8, 4) is 5.75 Å². The standard InChI is InChI=1S/C30H23F2NO4/c1-17(2)37-21-10-5-9-19(15-21)28(34)26-27(23-12-6-8-18-7-3-4-11-22(18)23)33(30(36)29(26)35)20-13-14-24(31)25(32)16-20/h3-17,27,34H,1-2H3/b28-26-. The molecule has 0 bridgehead atoms. The van der Waals surface area contributed by atoms with Gasteiger partial charge in [-0.1, -0.05) is 54.6 Å². The van der Waals surface area contributed by atoms with E-state index in [9.17, 15) is 23.5 Å². The lowest BCUT2D eigenvalue weighted by Crippen LogP contribution is -2.29. The predicted molar refractivity (Wildman–Crippen MR) is 137 cm³/mol. The number of anilines is 1. The normalized spacial score (nSPS) is 17.1. The fourth-order valence-electron chi connectivity index (χ4n) is 4.66. The number of amides is 1. The van der Waals surface area contributed by atoms with Gasteiger partial charge in [-0.05, 0) is 54.4 Å². The number of hydrogen-bond acceptors (Lipinski definition) is 4. The van der Waals surface area contributed by atoms with E-state index in [-0.39, 0.29) is 22.9 Å². The summed E-state index contributed by atoms with van der Waals surface area (Å²) in [5, 5.41) is 13.0. The van der Waals surface area contributed by atoms with E-state index in [1.165, 1.54) is 6.07 Å². The summed E-state index contributed by atoms with van der Waals surface area (Å²) in [6.45, 7) is 3.72. The predicted octanol–water partition coefficient (Wildman–Crippen LogP) is 6.53. The molecule has 37 heavy (non-hydrogen) atoms. The molecule has 1 atom stereocenters. The molecule has 0 aliphatic carbocycles. The molecule has 4 aromatic carbocycles. The molecule has 1 aliphatic rings. The van der Waals surface area contributed by atoms with E-state index in [2.05, 4.69) is 0 Å². The molecule has 5 nitrogen and oxygen atoms in total. The van der Waals surface area contributed by atoms with Gasteiger partial charge in [-0.2, -0.15) is 0 Å². The number of Topliss-reactive ketones (excluding diaryl/α,β-unsaturated/α-hetero) is 1. The Morgan fingerprint density at radius 1 is 0.892 bits per heavy atom. The van der Waals surface area contributed by atoms with Gasteiger partial charge in [0.15, 0.2) is 11.6 Å². The number of aliphatic hydroxyl groups is 1. The van der Waals surface area contributed by atoms with E-state index in [0.717, 1.165) is 27.8 Å². The number of carbonyl (C=O) groups is 2. The number of nitrogens with zero attached hydrogens (tertiary/aromatic N) is 1. The van der Waals surface area contributed by atoms with Crippen LogP contribution in [-0.2, 0) is 9.59 Å². The lowest BCUT2D eigenvalue weighted by molar-refractivity contribution is -0.132. The number of carbonyl (C=O) groups excluding carboxylic acids is 2. The van der Waals surface area contributed by atoms with Gasteiger partial charge < -0.3 is 9.84 Å². The van der Waals surface area contributed by atoms with Gasteiger partial charge in [0.1, 0.15) is 11.5 Å². The van der Waals surface area contributed by atoms with Crippen molar-refractivity contribution in [3.05, 3.63) is 113 Å². The maximum Gasteiger partial charge on any atom is 0.300 e. The Balaban J connectivity index is 1.77. The molecule has 1 N–H and O–H groups in total. The number of fused-ring (bicyclic) bond motifs is 1. The molecule has 4 aromatic rings. The summed E-state index contributed by atoms with van der Waals surface area (Å²) < 4.78 is 33.7. The number of rotatable bonds is 5. The fraction of sp³-hybridized carbons (Fsp3) is 0.133. The lowest BCUT2D eigenvalue weighted by atomic mass is 9.91. The van der Waals surface area contributed by atoms with E-state index in [0.29, 0.717) is 11.3 Å². The van der Waals surface area contributed by atoms with E-state index in [4.69, 9.17) is 4.74 Å². The van der Waals surface area contributed by atoms with Gasteiger partial charge in [-0.15, -0.1) is 0 Å². The smallest absolute Gasteiger partial charge is 0.300 e. The van der Waals surface area contributed by atoms with Crippen molar-refractivity contribution in [2.45, 2.75) is 26.0 Å². The molecule has 1 heterocycles. The third kappa shape index (κ3) is 4.33. The number of ether oxygens (including phenoxy) is 1. The maximum absolute atomic E-state index is 14.2. The highest BCUT2D eigenvalue weighted by atomic mass is 19.2. The molecule has 7 heteroatoms. The number of hydrogen-bond donors (Lipinski definition) is 1. The van der Waals surface area contributed by atoms with E-state index in [1.54, 1.807) is 36.4 Å². The molecule has 1 unspecified atom stereocenters. The SMILES string of the molecule is CC(C)Oc1cccc(/C(O)=C2/C(=O)C(=O)N(c3ccc(F)c(F)c3)C2c2cccc3ccccc23)c1. The second kappa shape index (κ2) is 9.50. The Hall–Kier alpha value is -4.52. The summed E-state index contributed by atoms with van der Waals surface area (Å²) >= 11 is 0. The maximum atomic E-state index is 14.2. The fourth-order valence-corrected chi connectivity index (χ4v) is 4.66. The molecule has 5 rings (SSSR count). The number of benzene rings is 4. The Morgan fingerprint density at radius 2 is 1.62 bits per heavy atom. The van der Waals surface area contributed by atoms with Gasteiger partial charge in [0.25, 0.3) is 11.7 Å². The van der Waals surface area contributed by atoms with Crippen LogP contribution in [0.3, 0.4) is 0 Å². The largest absolute Gasteiger partial charge is 0.507 e. The minimum Gasteiger partial charge on any atom is -0.507 e. The third-order valence-electron chi connectivity index (χ3n) is 6.22. The minimum atomic E-state index is -1.16. The third-order valence-corrected chi connectivity index (χ3v) is 6.22. The van der Waals surface area contributed by atoms with Crippen molar-refractivity contribution < 1.29 is 28.2 Å². The van der Waals surface area contributed by atoms with Gasteiger partial charge in [0.2, 0.25) is 0 Å². The highest BCUT2D eigenvalue weighted by Gasteiger charge is 2.47. The molecule has 0 aromatic heterocycles. The Labute approximate surface area is 212 Å². The van der Waals surface area contributed by atoms with Gasteiger partial charge in [0.05, 0.1) is 17.7 Å². The van der Waals surface area contributed by atoms with Crippen LogP contribution >= 0.6 is 0 Å². The first-order valence-corrected chi connectivity index (χ1v) is 11.8. The Kier molecular flexibility index (Phi) is 6.21. The number of halogens is 2. The monoisotopic (exact) mass is 499 g/mol. The van der Waals surface area contributed by atoms with Gasteiger partial charge in [-0.25, -0.2) is 8.78 Å². The topological polar surface area (TPSA) is 66.8 Å². The van der Waals surface area contributed by atoms with Crippen LogP contribution in [0.2, 0.25) is 0 Å². The quantitative estimate of drug-likeness (QED) is 0.193. The molecule has 0 radical (unpaired) electrons. The summed E-state index contributed by atoms with van der Waals surface area (Å²) in [5.41, 5.74) is 0.674. The van der Waals surface area contributed by atoms with E-state index in [1.807, 2.05) is 44.2 Å². The first kappa shape index (κ1) is 24.2. The van der Waals surface area contributed by atoms with Crippen molar-refractivity contribution >= 4 is 33.9 Å². The van der Waals surface area contributed by atoms with Gasteiger partial charge >= 0.3 is 0 Å². The van der Waals surface area contributed by atoms with Crippen LogP contribution in [0.5, 0.6) is 5.75 Å². The van der Waals surface area contributed by atoms with Crippen LogP contribution < -0.4 is 9.64 Å². The van der Waals surface area contributed by atoms with E-state index >= 15 is 0 Å². The Morgan fingerprint density at radius 3 is 2.38 bits per heavy atom. The van der Waals surface area contributed by atoms with Gasteiger partial charge in [-0.3, -0.25) is 14.5 Å². The summed E-state index contributed by atoms with van der Waals surface area (Å²) in [5.74, 6) is -4.04. The van der Waals surface area contributed by atoms with Crippen LogP contribution in [0.15, 0.2) is 90.5 Å². The first-order valence-electron chi connectivity index (χ1n) is 11.8. The van der Waals surface area contributed by atoms with Crippen molar-refractivity contribution in [1.29, 1.82) is 0 Å². The Bertz CT molecular complexity index is 1570. The molecule has 1 amide bonds. The molecule has 1 fully saturated rings. The highest BCUT2D eigenvalue weighted by molar-refractivity contribution is 6.51. The zero-order chi connectivity index (χ0) is 26.3. The molecule has 1 aliphatic heterocycles. The van der Waals surface area contributed by atoms with Crippen LogP contribution in [0.25, 0.3) is 16.5 Å². The van der Waals surface area contributed by atoms with Crippen molar-refractivity contribution in [3.63, 3.8) is 0 Å². The van der Waals surface area contributed by atoms with E-state index < -0.39 is 35.1 Å². The zero-order valence-corrected chi connectivity index (χ0v) is 20.1. The lowest BCUT2D eigenvalue weighted by Gasteiger charge is -2.26. The second-order valence-electron chi connectivity index (χ2n) is 9.03. The summed E-state index contributed by atoms with van der Waals surface area (Å²) in [4.78, 5) is 27.9. The van der Waals surface area contributed by atoms with Crippen molar-refractivity contribution in [2.75, 3.05) is 4.90 Å². The highest BCUT2D eigenvalue weighted by Crippen LogP contribution is 2.44. The molecule has 0 spiro atoms. The van der Waals surface area contributed by atoms with Crippen LogP contribution in [0.1, 0.15) is 31.0 Å². The molecule has 0 saturated carbocycles. The zero-order valence-electron chi connectivity index (χ0n) is 20.1. The number of aliphatic hydroxyl groups excluding tert-OH is 1. The summed E-state index contributed by atoms with van der Waals surface area (Å²) in [6, 6.07) is 21.3. The number of ketones is 1. The second-order valence-corrected chi connectivity index (χ2v) is 9.03. The molecule has 1 saturated heterocycles. The minimum absolute atomic E-state index is 0.00474. The molecule has 186 valence electrons. The summed E-state index contributed by atoms with van der Waals surface area (Å²) in [7, 11) is 0. The van der Waals surface area contributed by atoms with Crippen molar-refractivity contribution in [2.24, 2.45) is 0 Å².